The monoisotopic (exact) mass is 252 g/mol. The van der Waals surface area contributed by atoms with Crippen molar-refractivity contribution in [3.8, 4) is 11.5 Å². The van der Waals surface area contributed by atoms with Gasteiger partial charge in [-0.1, -0.05) is 19.9 Å². The fraction of sp³-hybridized carbons (Fsp3) is 0.571. The molecule has 0 spiro atoms. The largest absolute Gasteiger partial charge is 0.504 e. The highest BCUT2D eigenvalue weighted by molar-refractivity contribution is 5.41. The summed E-state index contributed by atoms with van der Waals surface area (Å²) < 4.78 is 5.10. The van der Waals surface area contributed by atoms with Crippen molar-refractivity contribution in [1.82, 2.24) is 4.90 Å². The SMILES string of the molecule is COc1cc(CN(C)CC(C)(C)CN)ccc1O. The van der Waals surface area contributed by atoms with Crippen LogP contribution in [0.1, 0.15) is 19.4 Å². The molecule has 0 aromatic heterocycles. The molecule has 0 fully saturated rings. The molecule has 18 heavy (non-hydrogen) atoms. The first-order valence-corrected chi connectivity index (χ1v) is 6.12. The molecule has 1 aromatic rings. The van der Waals surface area contributed by atoms with E-state index in [1.165, 1.54) is 0 Å². The molecule has 102 valence electrons. The lowest BCUT2D eigenvalue weighted by Gasteiger charge is -2.29. The van der Waals surface area contributed by atoms with Crippen LogP contribution in [-0.2, 0) is 6.54 Å². The third kappa shape index (κ3) is 4.20. The summed E-state index contributed by atoms with van der Waals surface area (Å²) in [6.07, 6.45) is 0. The lowest BCUT2D eigenvalue weighted by Crippen LogP contribution is -2.36. The van der Waals surface area contributed by atoms with E-state index < -0.39 is 0 Å². The number of aromatic hydroxyl groups is 1. The highest BCUT2D eigenvalue weighted by atomic mass is 16.5. The van der Waals surface area contributed by atoms with Crippen molar-refractivity contribution in [2.75, 3.05) is 27.2 Å². The van der Waals surface area contributed by atoms with Crippen molar-refractivity contribution in [3.63, 3.8) is 0 Å². The van der Waals surface area contributed by atoms with Gasteiger partial charge in [-0.2, -0.15) is 0 Å². The van der Waals surface area contributed by atoms with E-state index in [1.54, 1.807) is 13.2 Å². The second-order valence-corrected chi connectivity index (χ2v) is 5.55. The molecule has 0 saturated heterocycles. The molecule has 0 amide bonds. The highest BCUT2D eigenvalue weighted by Gasteiger charge is 2.18. The van der Waals surface area contributed by atoms with Crippen LogP contribution in [0.2, 0.25) is 0 Å². The Hall–Kier alpha value is -1.26. The van der Waals surface area contributed by atoms with Crippen LogP contribution in [0.15, 0.2) is 18.2 Å². The topological polar surface area (TPSA) is 58.7 Å². The number of hydrogen-bond acceptors (Lipinski definition) is 4. The molecule has 0 atom stereocenters. The van der Waals surface area contributed by atoms with E-state index in [1.807, 2.05) is 12.1 Å². The van der Waals surface area contributed by atoms with Crippen LogP contribution in [0, 0.1) is 5.41 Å². The maximum absolute atomic E-state index is 9.54. The second-order valence-electron chi connectivity index (χ2n) is 5.55. The summed E-state index contributed by atoms with van der Waals surface area (Å²) in [6, 6.07) is 5.43. The van der Waals surface area contributed by atoms with E-state index in [9.17, 15) is 5.11 Å². The summed E-state index contributed by atoms with van der Waals surface area (Å²) in [5.74, 6) is 0.685. The van der Waals surface area contributed by atoms with Crippen molar-refractivity contribution in [3.05, 3.63) is 23.8 Å². The van der Waals surface area contributed by atoms with Crippen LogP contribution in [0.4, 0.5) is 0 Å². The van der Waals surface area contributed by atoms with Gasteiger partial charge >= 0.3 is 0 Å². The van der Waals surface area contributed by atoms with E-state index in [4.69, 9.17) is 10.5 Å². The van der Waals surface area contributed by atoms with Crippen LogP contribution >= 0.6 is 0 Å². The van der Waals surface area contributed by atoms with Crippen LogP contribution in [0.3, 0.4) is 0 Å². The Morgan fingerprint density at radius 3 is 2.61 bits per heavy atom. The third-order valence-corrected chi connectivity index (χ3v) is 2.95. The minimum Gasteiger partial charge on any atom is -0.504 e. The number of ether oxygens (including phenoxy) is 1. The van der Waals surface area contributed by atoms with Crippen molar-refractivity contribution >= 4 is 0 Å². The van der Waals surface area contributed by atoms with Gasteiger partial charge in [-0.05, 0) is 36.7 Å². The first-order valence-electron chi connectivity index (χ1n) is 6.12. The molecule has 0 aliphatic rings. The Morgan fingerprint density at radius 2 is 2.06 bits per heavy atom. The van der Waals surface area contributed by atoms with Gasteiger partial charge in [0.05, 0.1) is 7.11 Å². The highest BCUT2D eigenvalue weighted by Crippen LogP contribution is 2.27. The standard InChI is InChI=1S/C14H24N2O2/c1-14(2,9-15)10-16(3)8-11-5-6-12(17)13(7-11)18-4/h5-7,17H,8-10,15H2,1-4H3. The maximum Gasteiger partial charge on any atom is 0.160 e. The van der Waals surface area contributed by atoms with Gasteiger partial charge in [0.1, 0.15) is 0 Å². The lowest BCUT2D eigenvalue weighted by molar-refractivity contribution is 0.209. The molecule has 1 rings (SSSR count). The van der Waals surface area contributed by atoms with Gasteiger partial charge in [0.2, 0.25) is 0 Å². The van der Waals surface area contributed by atoms with E-state index >= 15 is 0 Å². The van der Waals surface area contributed by atoms with Crippen LogP contribution < -0.4 is 10.5 Å². The minimum absolute atomic E-state index is 0.107. The van der Waals surface area contributed by atoms with Crippen LogP contribution in [0.5, 0.6) is 11.5 Å². The third-order valence-electron chi connectivity index (χ3n) is 2.95. The summed E-state index contributed by atoms with van der Waals surface area (Å²) in [4.78, 5) is 2.22. The zero-order valence-corrected chi connectivity index (χ0v) is 11.7. The molecule has 3 N–H and O–H groups in total. The molecule has 0 aliphatic heterocycles. The Bertz CT molecular complexity index is 391. The van der Waals surface area contributed by atoms with Crippen molar-refractivity contribution < 1.29 is 9.84 Å². The zero-order chi connectivity index (χ0) is 13.8. The zero-order valence-electron chi connectivity index (χ0n) is 11.7. The summed E-state index contributed by atoms with van der Waals surface area (Å²) in [7, 11) is 3.62. The summed E-state index contributed by atoms with van der Waals surface area (Å²) in [5.41, 5.74) is 6.95. The van der Waals surface area contributed by atoms with Crippen LogP contribution in [-0.4, -0.2) is 37.3 Å². The average molecular weight is 252 g/mol. The van der Waals surface area contributed by atoms with Gasteiger partial charge in [0, 0.05) is 13.1 Å². The summed E-state index contributed by atoms with van der Waals surface area (Å²) >= 11 is 0. The summed E-state index contributed by atoms with van der Waals surface area (Å²) in [6.45, 7) is 6.70. The molecule has 4 heteroatoms. The minimum atomic E-state index is 0.107. The smallest absolute Gasteiger partial charge is 0.160 e. The molecule has 0 radical (unpaired) electrons. The van der Waals surface area contributed by atoms with Gasteiger partial charge in [0.15, 0.2) is 11.5 Å². The number of hydrogen-bond donors (Lipinski definition) is 2. The van der Waals surface area contributed by atoms with E-state index in [-0.39, 0.29) is 11.2 Å². The molecular weight excluding hydrogens is 228 g/mol. The Morgan fingerprint density at radius 1 is 1.39 bits per heavy atom. The number of nitrogens with two attached hydrogens (primary N) is 1. The van der Waals surface area contributed by atoms with E-state index in [2.05, 4.69) is 25.8 Å². The van der Waals surface area contributed by atoms with Crippen molar-refractivity contribution in [2.24, 2.45) is 11.1 Å². The number of rotatable bonds is 6. The molecule has 0 bridgehead atoms. The lowest BCUT2D eigenvalue weighted by atomic mass is 9.93. The number of nitrogens with zero attached hydrogens (tertiary/aromatic N) is 1. The number of phenolic OH excluding ortho intramolecular Hbond substituents is 1. The molecule has 0 saturated carbocycles. The second kappa shape index (κ2) is 6.07. The van der Waals surface area contributed by atoms with Gasteiger partial charge in [-0.25, -0.2) is 0 Å². The fourth-order valence-corrected chi connectivity index (χ4v) is 1.98. The quantitative estimate of drug-likeness (QED) is 0.811. The first-order chi connectivity index (χ1) is 8.38. The molecular formula is C14H24N2O2. The van der Waals surface area contributed by atoms with Gasteiger partial charge in [-0.15, -0.1) is 0 Å². The normalized spacial score (nSPS) is 11.9. The van der Waals surface area contributed by atoms with Crippen LogP contribution in [0.25, 0.3) is 0 Å². The van der Waals surface area contributed by atoms with Gasteiger partial charge in [-0.3, -0.25) is 0 Å². The fourth-order valence-electron chi connectivity index (χ4n) is 1.98. The van der Waals surface area contributed by atoms with Crippen molar-refractivity contribution in [2.45, 2.75) is 20.4 Å². The van der Waals surface area contributed by atoms with Gasteiger partial charge in [0.25, 0.3) is 0 Å². The predicted octanol–water partition coefficient (Wildman–Crippen LogP) is 1.82. The molecule has 1 aromatic carbocycles. The van der Waals surface area contributed by atoms with E-state index in [0.717, 1.165) is 18.7 Å². The maximum atomic E-state index is 9.54. The Kier molecular flexibility index (Phi) is 4.99. The van der Waals surface area contributed by atoms with Crippen molar-refractivity contribution in [1.29, 1.82) is 0 Å². The van der Waals surface area contributed by atoms with Gasteiger partial charge < -0.3 is 20.5 Å². The predicted molar refractivity (Wildman–Crippen MR) is 73.8 cm³/mol. The molecule has 0 aliphatic carbocycles. The average Bonchev–Trinajstić information content (AvgIpc) is 2.31. The molecule has 4 nitrogen and oxygen atoms in total. The molecule has 0 heterocycles. The Balaban J connectivity index is 2.67. The summed E-state index contributed by atoms with van der Waals surface area (Å²) in [5, 5.41) is 9.54. The number of phenols is 1. The Labute approximate surface area is 109 Å². The number of methoxy groups -OCH3 is 1. The number of benzene rings is 1. The van der Waals surface area contributed by atoms with E-state index in [0.29, 0.717) is 12.3 Å². The molecule has 0 unspecified atom stereocenters. The first kappa shape index (κ1) is 14.8.